The van der Waals surface area contributed by atoms with Crippen molar-refractivity contribution in [2.24, 2.45) is 11.3 Å². The van der Waals surface area contributed by atoms with E-state index in [1.54, 1.807) is 0 Å². The van der Waals surface area contributed by atoms with Crippen molar-refractivity contribution < 1.29 is 24.2 Å². The second-order valence-corrected chi connectivity index (χ2v) is 10.2. The fourth-order valence-corrected chi connectivity index (χ4v) is 6.10. The normalized spacial score (nSPS) is 22.3. The average molecular weight is 477 g/mol. The van der Waals surface area contributed by atoms with Crippen molar-refractivity contribution in [3.8, 4) is 11.1 Å². The van der Waals surface area contributed by atoms with Crippen LogP contribution in [0, 0.1) is 11.3 Å². The van der Waals surface area contributed by atoms with Crippen molar-refractivity contribution in [2.45, 2.75) is 56.9 Å². The third-order valence-corrected chi connectivity index (χ3v) is 8.07. The van der Waals surface area contributed by atoms with E-state index in [4.69, 9.17) is 4.74 Å². The smallest absolute Gasteiger partial charge is 0.407 e. The number of alkyl carbamates (subject to hydrolysis) is 1. The first-order valence-electron chi connectivity index (χ1n) is 12.6. The lowest BCUT2D eigenvalue weighted by Gasteiger charge is -2.29. The summed E-state index contributed by atoms with van der Waals surface area (Å²) >= 11 is 0. The maximum Gasteiger partial charge on any atom is 0.407 e. The van der Waals surface area contributed by atoms with Crippen LogP contribution in [0.3, 0.4) is 0 Å². The van der Waals surface area contributed by atoms with Gasteiger partial charge in [0.05, 0.1) is 11.3 Å². The summed E-state index contributed by atoms with van der Waals surface area (Å²) in [6.45, 7) is 0.461. The lowest BCUT2D eigenvalue weighted by atomic mass is 9.84. The standard InChI is InChI=1S/C28H32N2O5/c31-25(32)18-11-12-19(15-18)30-26(33)28(13-5-6-14-28)17-29-27(34)35-16-24-22-9-3-1-7-20(22)21-8-2-4-10-23(21)24/h1-4,7-10,18-19,24H,5-6,11-17H2,(H,29,34)(H,30,33)(H,31,32)/t18-,19+/m1/s1. The van der Waals surface area contributed by atoms with Crippen molar-refractivity contribution in [2.75, 3.05) is 13.2 Å². The van der Waals surface area contributed by atoms with Crippen molar-refractivity contribution in [3.63, 3.8) is 0 Å². The maximum atomic E-state index is 13.2. The number of ether oxygens (including phenoxy) is 1. The van der Waals surface area contributed by atoms with Gasteiger partial charge < -0.3 is 20.5 Å². The van der Waals surface area contributed by atoms with Gasteiger partial charge in [-0.1, -0.05) is 61.4 Å². The number of fused-ring (bicyclic) bond motifs is 3. The Hall–Kier alpha value is -3.35. The number of carboxylic acid groups (broad SMARTS) is 1. The zero-order chi connectivity index (χ0) is 24.4. The summed E-state index contributed by atoms with van der Waals surface area (Å²) in [5.41, 5.74) is 4.01. The van der Waals surface area contributed by atoms with Gasteiger partial charge in [0.1, 0.15) is 6.61 Å². The molecule has 2 atom stereocenters. The highest BCUT2D eigenvalue weighted by atomic mass is 16.5. The molecule has 7 nitrogen and oxygen atoms in total. The number of amides is 2. The number of hydrogen-bond donors (Lipinski definition) is 3. The van der Waals surface area contributed by atoms with Gasteiger partial charge in [-0.3, -0.25) is 9.59 Å². The SMILES string of the molecule is O=C(NCC1(C(=O)N[C@H]2CC[C@@H](C(=O)O)C2)CCCC1)OCC1c2ccccc2-c2ccccc21. The monoisotopic (exact) mass is 476 g/mol. The predicted octanol–water partition coefficient (Wildman–Crippen LogP) is 4.46. The van der Waals surface area contributed by atoms with Crippen LogP contribution in [-0.4, -0.2) is 42.3 Å². The average Bonchev–Trinajstić information content (AvgIpc) is 3.60. The van der Waals surface area contributed by atoms with E-state index in [1.807, 2.05) is 24.3 Å². The summed E-state index contributed by atoms with van der Waals surface area (Å²) in [6, 6.07) is 16.3. The molecule has 2 saturated carbocycles. The maximum absolute atomic E-state index is 13.2. The van der Waals surface area contributed by atoms with Crippen LogP contribution in [-0.2, 0) is 14.3 Å². The van der Waals surface area contributed by atoms with Gasteiger partial charge >= 0.3 is 12.1 Å². The van der Waals surface area contributed by atoms with Crippen LogP contribution < -0.4 is 10.6 Å². The molecule has 0 aliphatic heterocycles. The lowest BCUT2D eigenvalue weighted by Crippen LogP contribution is -2.49. The zero-order valence-electron chi connectivity index (χ0n) is 19.8. The zero-order valence-corrected chi connectivity index (χ0v) is 19.8. The molecule has 2 aromatic rings. The van der Waals surface area contributed by atoms with Crippen molar-refractivity contribution >= 4 is 18.0 Å². The Morgan fingerprint density at radius 3 is 2.17 bits per heavy atom. The quantitative estimate of drug-likeness (QED) is 0.547. The van der Waals surface area contributed by atoms with Crippen molar-refractivity contribution in [1.82, 2.24) is 10.6 Å². The fraction of sp³-hybridized carbons (Fsp3) is 0.464. The van der Waals surface area contributed by atoms with Crippen LogP contribution in [0.5, 0.6) is 0 Å². The van der Waals surface area contributed by atoms with Gasteiger partial charge in [0.15, 0.2) is 0 Å². The summed E-state index contributed by atoms with van der Waals surface area (Å²) in [4.78, 5) is 37.1. The van der Waals surface area contributed by atoms with E-state index in [2.05, 4.69) is 34.9 Å². The molecule has 3 aliphatic rings. The Bertz CT molecular complexity index is 1080. The first-order chi connectivity index (χ1) is 17.0. The molecule has 0 unspecified atom stereocenters. The van der Waals surface area contributed by atoms with Crippen LogP contribution in [0.15, 0.2) is 48.5 Å². The Morgan fingerprint density at radius 1 is 0.943 bits per heavy atom. The van der Waals surface area contributed by atoms with Crippen LogP contribution in [0.1, 0.15) is 62.0 Å². The highest BCUT2D eigenvalue weighted by Crippen LogP contribution is 2.44. The molecule has 0 spiro atoms. The van der Waals surface area contributed by atoms with Crippen molar-refractivity contribution in [3.05, 3.63) is 59.7 Å². The number of carbonyl (C=O) groups excluding carboxylic acids is 2. The van der Waals surface area contributed by atoms with Gasteiger partial charge in [-0.05, 0) is 54.4 Å². The molecule has 5 rings (SSSR count). The minimum absolute atomic E-state index is 0.0126. The number of nitrogens with one attached hydrogen (secondary N) is 2. The van der Waals surface area contributed by atoms with E-state index >= 15 is 0 Å². The van der Waals surface area contributed by atoms with E-state index in [-0.39, 0.29) is 31.0 Å². The van der Waals surface area contributed by atoms with E-state index in [1.165, 1.54) is 11.1 Å². The molecule has 0 bridgehead atoms. The molecule has 0 saturated heterocycles. The number of rotatable bonds is 7. The molecule has 2 aromatic carbocycles. The van der Waals surface area contributed by atoms with Gasteiger partial charge in [-0.2, -0.15) is 0 Å². The number of carboxylic acids is 1. The molecule has 3 aliphatic carbocycles. The highest BCUT2D eigenvalue weighted by molar-refractivity contribution is 5.84. The Morgan fingerprint density at radius 2 is 1.57 bits per heavy atom. The molecule has 0 aromatic heterocycles. The molecule has 2 amide bonds. The Labute approximate surface area is 205 Å². The Kier molecular flexibility index (Phi) is 6.50. The second-order valence-electron chi connectivity index (χ2n) is 10.2. The summed E-state index contributed by atoms with van der Waals surface area (Å²) < 4.78 is 5.65. The second kappa shape index (κ2) is 9.72. The molecule has 7 heteroatoms. The predicted molar refractivity (Wildman–Crippen MR) is 131 cm³/mol. The van der Waals surface area contributed by atoms with E-state index < -0.39 is 23.4 Å². The van der Waals surface area contributed by atoms with E-state index in [9.17, 15) is 19.5 Å². The van der Waals surface area contributed by atoms with E-state index in [0.29, 0.717) is 32.1 Å². The number of carbonyl (C=O) groups is 3. The van der Waals surface area contributed by atoms with Gasteiger partial charge in [0.2, 0.25) is 5.91 Å². The molecule has 2 fully saturated rings. The lowest BCUT2D eigenvalue weighted by molar-refractivity contribution is -0.141. The molecule has 3 N–H and O–H groups in total. The highest BCUT2D eigenvalue weighted by Gasteiger charge is 2.43. The summed E-state index contributed by atoms with van der Waals surface area (Å²) in [7, 11) is 0. The summed E-state index contributed by atoms with van der Waals surface area (Å²) in [5, 5.41) is 15.2. The van der Waals surface area contributed by atoms with Gasteiger partial charge in [-0.25, -0.2) is 4.79 Å². The molecule has 184 valence electrons. The number of benzene rings is 2. The van der Waals surface area contributed by atoms with Crippen molar-refractivity contribution in [1.29, 1.82) is 0 Å². The number of aliphatic carboxylic acids is 1. The molecule has 35 heavy (non-hydrogen) atoms. The fourth-order valence-electron chi connectivity index (χ4n) is 6.10. The molecular weight excluding hydrogens is 444 g/mol. The third-order valence-electron chi connectivity index (χ3n) is 8.07. The Balaban J connectivity index is 1.18. The first-order valence-corrected chi connectivity index (χ1v) is 12.6. The molecular formula is C28H32N2O5. The largest absolute Gasteiger partial charge is 0.481 e. The van der Waals surface area contributed by atoms with Gasteiger partial charge in [-0.15, -0.1) is 0 Å². The molecule has 0 radical (unpaired) electrons. The van der Waals surface area contributed by atoms with Crippen LogP contribution in [0.4, 0.5) is 4.79 Å². The van der Waals surface area contributed by atoms with Crippen LogP contribution in [0.2, 0.25) is 0 Å². The molecule has 0 heterocycles. The number of hydrogen-bond acceptors (Lipinski definition) is 4. The third kappa shape index (κ3) is 4.64. The summed E-state index contributed by atoms with van der Waals surface area (Å²) in [6.07, 6.45) is 4.50. The topological polar surface area (TPSA) is 105 Å². The van der Waals surface area contributed by atoms with Gasteiger partial charge in [0.25, 0.3) is 0 Å². The minimum atomic E-state index is -0.797. The summed E-state index contributed by atoms with van der Waals surface area (Å²) in [5.74, 6) is -1.28. The van der Waals surface area contributed by atoms with Gasteiger partial charge in [0, 0.05) is 18.5 Å². The van der Waals surface area contributed by atoms with Crippen LogP contribution in [0.25, 0.3) is 11.1 Å². The van der Waals surface area contributed by atoms with E-state index in [0.717, 1.165) is 24.0 Å². The van der Waals surface area contributed by atoms with Crippen LogP contribution >= 0.6 is 0 Å². The first kappa shape index (κ1) is 23.4. The minimum Gasteiger partial charge on any atom is -0.481 e.